The van der Waals surface area contributed by atoms with Crippen LogP contribution in [0, 0.1) is 0 Å². The highest BCUT2D eigenvalue weighted by Crippen LogP contribution is 2.20. The number of carbonyl (C=O) groups excluding carboxylic acids is 1. The Bertz CT molecular complexity index is 650. The zero-order chi connectivity index (χ0) is 15.9. The SMILES string of the molecule is C=CCNC(=O)c1cncc(Nc2ccc(N(C)C)cc2)c1. The van der Waals surface area contributed by atoms with Gasteiger partial charge < -0.3 is 15.5 Å². The Morgan fingerprint density at radius 3 is 2.59 bits per heavy atom. The molecule has 2 rings (SSSR count). The molecule has 0 aliphatic rings. The van der Waals surface area contributed by atoms with E-state index in [9.17, 15) is 4.79 Å². The fourth-order valence-electron chi connectivity index (χ4n) is 1.91. The van der Waals surface area contributed by atoms with Gasteiger partial charge in [-0.25, -0.2) is 0 Å². The van der Waals surface area contributed by atoms with Gasteiger partial charge >= 0.3 is 0 Å². The monoisotopic (exact) mass is 296 g/mol. The summed E-state index contributed by atoms with van der Waals surface area (Å²) in [5, 5.41) is 5.97. The van der Waals surface area contributed by atoms with E-state index in [-0.39, 0.29) is 5.91 Å². The van der Waals surface area contributed by atoms with E-state index in [4.69, 9.17) is 0 Å². The van der Waals surface area contributed by atoms with Crippen LogP contribution >= 0.6 is 0 Å². The standard InChI is InChI=1S/C17H20N4O/c1-4-9-19-17(22)13-10-15(12-18-11-13)20-14-5-7-16(8-6-14)21(2)3/h4-8,10-12,20H,1,9H2,2-3H3,(H,19,22). The zero-order valence-corrected chi connectivity index (χ0v) is 12.8. The normalized spacial score (nSPS) is 9.91. The smallest absolute Gasteiger partial charge is 0.253 e. The van der Waals surface area contributed by atoms with Gasteiger partial charge in [0.05, 0.1) is 17.4 Å². The average Bonchev–Trinajstić information content (AvgIpc) is 2.53. The van der Waals surface area contributed by atoms with Crippen LogP contribution in [0.3, 0.4) is 0 Å². The van der Waals surface area contributed by atoms with Crippen LogP contribution < -0.4 is 15.5 Å². The molecule has 0 aliphatic heterocycles. The highest BCUT2D eigenvalue weighted by Gasteiger charge is 2.06. The quantitative estimate of drug-likeness (QED) is 0.805. The number of anilines is 3. The molecule has 1 amide bonds. The van der Waals surface area contributed by atoms with Gasteiger partial charge in [0.1, 0.15) is 0 Å². The fourth-order valence-corrected chi connectivity index (χ4v) is 1.91. The molecule has 0 spiro atoms. The van der Waals surface area contributed by atoms with E-state index in [1.807, 2.05) is 43.3 Å². The maximum atomic E-state index is 11.9. The molecule has 1 aromatic carbocycles. The summed E-state index contributed by atoms with van der Waals surface area (Å²) in [6, 6.07) is 9.79. The van der Waals surface area contributed by atoms with Crippen molar-refractivity contribution in [3.05, 3.63) is 60.9 Å². The summed E-state index contributed by atoms with van der Waals surface area (Å²) in [6.07, 6.45) is 4.86. The molecule has 2 aromatic rings. The van der Waals surface area contributed by atoms with E-state index in [1.165, 1.54) is 0 Å². The second-order valence-corrected chi connectivity index (χ2v) is 5.03. The molecule has 0 saturated carbocycles. The first kappa shape index (κ1) is 15.6. The third-order valence-corrected chi connectivity index (χ3v) is 3.08. The molecule has 0 atom stereocenters. The van der Waals surface area contributed by atoms with Crippen LogP contribution in [-0.4, -0.2) is 31.5 Å². The predicted molar refractivity (Wildman–Crippen MR) is 90.8 cm³/mol. The highest BCUT2D eigenvalue weighted by molar-refractivity contribution is 5.94. The number of aromatic nitrogens is 1. The Hall–Kier alpha value is -2.82. The minimum atomic E-state index is -0.168. The number of nitrogens with zero attached hydrogens (tertiary/aromatic N) is 2. The van der Waals surface area contributed by atoms with Gasteiger partial charge in [-0.05, 0) is 30.3 Å². The molecule has 1 aromatic heterocycles. The molecule has 0 fully saturated rings. The van der Waals surface area contributed by atoms with Gasteiger partial charge in [-0.1, -0.05) is 6.08 Å². The predicted octanol–water partition coefficient (Wildman–Crippen LogP) is 2.81. The topological polar surface area (TPSA) is 57.3 Å². The second-order valence-electron chi connectivity index (χ2n) is 5.03. The minimum absolute atomic E-state index is 0.168. The van der Waals surface area contributed by atoms with Crippen LogP contribution in [-0.2, 0) is 0 Å². The molecule has 0 aliphatic carbocycles. The maximum absolute atomic E-state index is 11.9. The summed E-state index contributed by atoms with van der Waals surface area (Å²) in [4.78, 5) is 18.0. The van der Waals surface area contributed by atoms with Gasteiger partial charge in [0.15, 0.2) is 0 Å². The third kappa shape index (κ3) is 4.09. The van der Waals surface area contributed by atoms with Gasteiger partial charge in [0.2, 0.25) is 0 Å². The Kier molecular flexibility index (Phi) is 5.14. The summed E-state index contributed by atoms with van der Waals surface area (Å²) >= 11 is 0. The number of rotatable bonds is 6. The number of amides is 1. The Balaban J connectivity index is 2.09. The molecule has 0 unspecified atom stereocenters. The summed E-state index contributed by atoms with van der Waals surface area (Å²) in [5.74, 6) is -0.168. The van der Waals surface area contributed by atoms with Crippen molar-refractivity contribution in [2.75, 3.05) is 30.9 Å². The van der Waals surface area contributed by atoms with Crippen LogP contribution in [0.15, 0.2) is 55.4 Å². The van der Waals surface area contributed by atoms with Gasteiger partial charge in [-0.15, -0.1) is 6.58 Å². The summed E-state index contributed by atoms with van der Waals surface area (Å²) in [7, 11) is 4.00. The molecule has 5 heteroatoms. The molecule has 0 bridgehead atoms. The first-order chi connectivity index (χ1) is 10.6. The van der Waals surface area contributed by atoms with E-state index >= 15 is 0 Å². The van der Waals surface area contributed by atoms with Crippen molar-refractivity contribution < 1.29 is 4.79 Å². The molecular formula is C17H20N4O. The van der Waals surface area contributed by atoms with Crippen LogP contribution in [0.5, 0.6) is 0 Å². The van der Waals surface area contributed by atoms with E-state index in [1.54, 1.807) is 24.5 Å². The van der Waals surface area contributed by atoms with Crippen molar-refractivity contribution in [2.45, 2.75) is 0 Å². The minimum Gasteiger partial charge on any atom is -0.378 e. The molecule has 0 radical (unpaired) electrons. The van der Waals surface area contributed by atoms with Crippen molar-refractivity contribution >= 4 is 23.0 Å². The average molecular weight is 296 g/mol. The molecule has 0 saturated heterocycles. The number of hydrogen-bond donors (Lipinski definition) is 2. The Labute approximate surface area is 130 Å². The van der Waals surface area contributed by atoms with Gasteiger partial charge in [-0.3, -0.25) is 9.78 Å². The molecule has 22 heavy (non-hydrogen) atoms. The summed E-state index contributed by atoms with van der Waals surface area (Å²) in [6.45, 7) is 4.01. The zero-order valence-electron chi connectivity index (χ0n) is 12.8. The van der Waals surface area contributed by atoms with Crippen LogP contribution in [0.4, 0.5) is 17.1 Å². The number of hydrogen-bond acceptors (Lipinski definition) is 4. The van der Waals surface area contributed by atoms with Crippen molar-refractivity contribution in [3.63, 3.8) is 0 Å². The number of nitrogens with one attached hydrogen (secondary N) is 2. The van der Waals surface area contributed by atoms with E-state index in [0.29, 0.717) is 12.1 Å². The molecule has 5 nitrogen and oxygen atoms in total. The maximum Gasteiger partial charge on any atom is 0.253 e. The van der Waals surface area contributed by atoms with Crippen molar-refractivity contribution in [2.24, 2.45) is 0 Å². The largest absolute Gasteiger partial charge is 0.378 e. The third-order valence-electron chi connectivity index (χ3n) is 3.08. The molecule has 2 N–H and O–H groups in total. The molecule has 114 valence electrons. The fraction of sp³-hybridized carbons (Fsp3) is 0.176. The summed E-state index contributed by atoms with van der Waals surface area (Å²) < 4.78 is 0. The first-order valence-corrected chi connectivity index (χ1v) is 6.98. The number of benzene rings is 1. The van der Waals surface area contributed by atoms with Crippen LogP contribution in [0.2, 0.25) is 0 Å². The number of carbonyl (C=O) groups is 1. The first-order valence-electron chi connectivity index (χ1n) is 6.98. The van der Waals surface area contributed by atoms with Gasteiger partial charge in [0.25, 0.3) is 5.91 Å². The lowest BCUT2D eigenvalue weighted by atomic mass is 10.2. The summed E-state index contributed by atoms with van der Waals surface area (Å²) in [5.41, 5.74) is 3.35. The van der Waals surface area contributed by atoms with Gasteiger partial charge in [-0.2, -0.15) is 0 Å². The van der Waals surface area contributed by atoms with E-state index < -0.39 is 0 Å². The lowest BCUT2D eigenvalue weighted by Crippen LogP contribution is -2.23. The lowest BCUT2D eigenvalue weighted by Gasteiger charge is -2.13. The Morgan fingerprint density at radius 2 is 1.95 bits per heavy atom. The molecule has 1 heterocycles. The number of pyridine rings is 1. The molecular weight excluding hydrogens is 276 g/mol. The van der Waals surface area contributed by atoms with Crippen molar-refractivity contribution in [3.8, 4) is 0 Å². The lowest BCUT2D eigenvalue weighted by molar-refractivity contribution is 0.0957. The van der Waals surface area contributed by atoms with E-state index in [0.717, 1.165) is 17.1 Å². The van der Waals surface area contributed by atoms with Crippen molar-refractivity contribution in [1.82, 2.24) is 10.3 Å². The van der Waals surface area contributed by atoms with Crippen LogP contribution in [0.25, 0.3) is 0 Å². The van der Waals surface area contributed by atoms with Crippen molar-refractivity contribution in [1.29, 1.82) is 0 Å². The highest BCUT2D eigenvalue weighted by atomic mass is 16.1. The second kappa shape index (κ2) is 7.26. The van der Waals surface area contributed by atoms with E-state index in [2.05, 4.69) is 22.2 Å². The van der Waals surface area contributed by atoms with Crippen LogP contribution in [0.1, 0.15) is 10.4 Å². The van der Waals surface area contributed by atoms with Gasteiger partial charge in [0, 0.05) is 38.2 Å². The Morgan fingerprint density at radius 1 is 1.23 bits per heavy atom.